The molecule has 0 aliphatic heterocycles. The van der Waals surface area contributed by atoms with Crippen LogP contribution in [0.2, 0.25) is 0 Å². The Balaban J connectivity index is 1.72. The first-order valence-electron chi connectivity index (χ1n) is 10.8. The van der Waals surface area contributed by atoms with Crippen LogP contribution in [-0.4, -0.2) is 34.1 Å². The van der Waals surface area contributed by atoms with Gasteiger partial charge < -0.3 is 16.4 Å². The first kappa shape index (κ1) is 20.5. The summed E-state index contributed by atoms with van der Waals surface area (Å²) in [6.45, 7) is 6.66. The molecule has 1 aromatic carbocycles. The zero-order chi connectivity index (χ0) is 21.3. The van der Waals surface area contributed by atoms with Crippen LogP contribution in [0.5, 0.6) is 0 Å². The molecule has 0 bridgehead atoms. The third-order valence-electron chi connectivity index (χ3n) is 6.17. The molecule has 1 aliphatic rings. The van der Waals surface area contributed by atoms with Crippen molar-refractivity contribution in [2.24, 2.45) is 0 Å². The monoisotopic (exact) mass is 404 g/mol. The number of nitrogens with two attached hydrogens (primary N) is 1. The molecule has 4 N–H and O–H groups in total. The Morgan fingerprint density at radius 3 is 2.33 bits per heavy atom. The second kappa shape index (κ2) is 8.19. The van der Waals surface area contributed by atoms with Gasteiger partial charge in [0, 0.05) is 30.0 Å². The molecule has 2 heterocycles. The molecule has 3 aromatic rings. The maximum Gasteiger partial charge on any atom is 0.223 e. The van der Waals surface area contributed by atoms with Gasteiger partial charge in [0.2, 0.25) is 5.95 Å². The van der Waals surface area contributed by atoms with Gasteiger partial charge in [-0.1, -0.05) is 57.9 Å². The predicted molar refractivity (Wildman–Crippen MR) is 125 cm³/mol. The van der Waals surface area contributed by atoms with Gasteiger partial charge in [-0.15, -0.1) is 0 Å². The van der Waals surface area contributed by atoms with Crippen molar-refractivity contribution >= 4 is 22.7 Å². The zero-order valence-electron chi connectivity index (χ0n) is 18.4. The van der Waals surface area contributed by atoms with Crippen LogP contribution in [0.1, 0.15) is 52.0 Å². The summed E-state index contributed by atoms with van der Waals surface area (Å²) in [5.41, 5.74) is 10.4. The summed E-state index contributed by atoms with van der Waals surface area (Å²) in [5, 5.41) is 7.77. The van der Waals surface area contributed by atoms with Crippen molar-refractivity contribution < 1.29 is 0 Å². The number of anilines is 2. The summed E-state index contributed by atoms with van der Waals surface area (Å²) in [6, 6.07) is 9.40. The second-order valence-electron chi connectivity index (χ2n) is 9.27. The fourth-order valence-electron chi connectivity index (χ4n) is 4.28. The third-order valence-corrected chi connectivity index (χ3v) is 6.17. The minimum Gasteiger partial charge on any atom is -0.383 e. The normalized spacial score (nSPS) is 19.7. The SMILES string of the molecule is CN[C@@H]1CCCC[C@@H]1Nc1ncc2c(N)ncc(-c3ccc(C(C)(C)C)cc3)c2n1. The third kappa shape index (κ3) is 4.10. The van der Waals surface area contributed by atoms with Crippen molar-refractivity contribution in [3.05, 3.63) is 42.2 Å². The molecule has 2 atom stereocenters. The molecule has 0 unspecified atom stereocenters. The Hall–Kier alpha value is -2.73. The largest absolute Gasteiger partial charge is 0.383 e. The predicted octanol–water partition coefficient (Wildman–Crippen LogP) is 4.51. The van der Waals surface area contributed by atoms with Crippen molar-refractivity contribution in [2.45, 2.75) is 64.0 Å². The number of aromatic nitrogens is 3. The van der Waals surface area contributed by atoms with E-state index < -0.39 is 0 Å². The molecule has 0 saturated heterocycles. The first-order valence-corrected chi connectivity index (χ1v) is 10.8. The van der Waals surface area contributed by atoms with E-state index in [0.717, 1.165) is 28.5 Å². The number of rotatable bonds is 4. The van der Waals surface area contributed by atoms with Gasteiger partial charge in [-0.25, -0.2) is 15.0 Å². The number of hydrogen-bond acceptors (Lipinski definition) is 6. The number of benzene rings is 1. The molecular formula is C24H32N6. The van der Waals surface area contributed by atoms with Gasteiger partial charge in [-0.2, -0.15) is 0 Å². The van der Waals surface area contributed by atoms with Crippen LogP contribution in [0, 0.1) is 0 Å². The molecule has 1 saturated carbocycles. The van der Waals surface area contributed by atoms with E-state index in [-0.39, 0.29) is 5.41 Å². The van der Waals surface area contributed by atoms with Crippen molar-refractivity contribution in [1.82, 2.24) is 20.3 Å². The Kier molecular flexibility index (Phi) is 5.60. The number of pyridine rings is 1. The molecular weight excluding hydrogens is 372 g/mol. The summed E-state index contributed by atoms with van der Waals surface area (Å²) in [7, 11) is 2.03. The Labute approximate surface area is 178 Å². The summed E-state index contributed by atoms with van der Waals surface area (Å²) in [4.78, 5) is 13.8. The zero-order valence-corrected chi connectivity index (χ0v) is 18.4. The van der Waals surface area contributed by atoms with Gasteiger partial charge in [0.05, 0.1) is 10.9 Å². The lowest BCUT2D eigenvalue weighted by molar-refractivity contribution is 0.360. The molecule has 1 aliphatic carbocycles. The Morgan fingerprint density at radius 1 is 0.967 bits per heavy atom. The molecule has 6 heteroatoms. The highest BCUT2D eigenvalue weighted by molar-refractivity contribution is 5.98. The number of nitrogens with one attached hydrogen (secondary N) is 2. The number of hydrogen-bond donors (Lipinski definition) is 3. The average molecular weight is 405 g/mol. The van der Waals surface area contributed by atoms with Crippen molar-refractivity contribution in [2.75, 3.05) is 18.1 Å². The topological polar surface area (TPSA) is 88.8 Å². The van der Waals surface area contributed by atoms with Crippen LogP contribution in [0.15, 0.2) is 36.7 Å². The maximum absolute atomic E-state index is 6.14. The van der Waals surface area contributed by atoms with Crippen LogP contribution in [-0.2, 0) is 5.41 Å². The maximum atomic E-state index is 6.14. The van der Waals surface area contributed by atoms with E-state index in [1.807, 2.05) is 13.2 Å². The number of likely N-dealkylation sites (N-methyl/N-ethyl adjacent to an activating group) is 1. The quantitative estimate of drug-likeness (QED) is 0.593. The lowest BCUT2D eigenvalue weighted by Crippen LogP contribution is -2.44. The average Bonchev–Trinajstić information content (AvgIpc) is 2.74. The molecule has 6 nitrogen and oxygen atoms in total. The fourth-order valence-corrected chi connectivity index (χ4v) is 4.28. The molecule has 30 heavy (non-hydrogen) atoms. The van der Waals surface area contributed by atoms with Gasteiger partial charge in [0.1, 0.15) is 5.82 Å². The van der Waals surface area contributed by atoms with E-state index in [9.17, 15) is 0 Å². The van der Waals surface area contributed by atoms with E-state index >= 15 is 0 Å². The highest BCUT2D eigenvalue weighted by atomic mass is 15.1. The minimum absolute atomic E-state index is 0.114. The second-order valence-corrected chi connectivity index (χ2v) is 9.27. The van der Waals surface area contributed by atoms with Crippen LogP contribution in [0.25, 0.3) is 22.0 Å². The smallest absolute Gasteiger partial charge is 0.223 e. The van der Waals surface area contributed by atoms with E-state index in [2.05, 4.69) is 65.6 Å². The summed E-state index contributed by atoms with van der Waals surface area (Å²) in [5.74, 6) is 1.10. The molecule has 4 rings (SSSR count). The van der Waals surface area contributed by atoms with Gasteiger partial charge in [-0.3, -0.25) is 0 Å². The van der Waals surface area contributed by atoms with Crippen molar-refractivity contribution in [3.63, 3.8) is 0 Å². The molecule has 0 radical (unpaired) electrons. The summed E-state index contributed by atoms with van der Waals surface area (Å²) < 4.78 is 0. The van der Waals surface area contributed by atoms with E-state index in [1.165, 1.54) is 24.8 Å². The van der Waals surface area contributed by atoms with Crippen molar-refractivity contribution in [3.8, 4) is 11.1 Å². The van der Waals surface area contributed by atoms with Gasteiger partial charge >= 0.3 is 0 Å². The van der Waals surface area contributed by atoms with E-state index in [4.69, 9.17) is 10.7 Å². The van der Waals surface area contributed by atoms with Gasteiger partial charge in [0.25, 0.3) is 0 Å². The lowest BCUT2D eigenvalue weighted by atomic mass is 9.86. The van der Waals surface area contributed by atoms with Gasteiger partial charge in [-0.05, 0) is 36.4 Å². The first-order chi connectivity index (χ1) is 14.4. The summed E-state index contributed by atoms with van der Waals surface area (Å²) >= 11 is 0. The van der Waals surface area contributed by atoms with E-state index in [0.29, 0.717) is 23.8 Å². The number of nitrogens with zero attached hydrogens (tertiary/aromatic N) is 3. The molecule has 1 fully saturated rings. The van der Waals surface area contributed by atoms with Gasteiger partial charge in [0.15, 0.2) is 0 Å². The number of fused-ring (bicyclic) bond motifs is 1. The molecule has 158 valence electrons. The standard InChI is InChI=1S/C24H32N6/c1-24(2,3)16-11-9-15(10-12-16)17-13-27-22(25)18-14-28-23(30-21(17)18)29-20-8-6-5-7-19(20)26-4/h9-14,19-20,26H,5-8H2,1-4H3,(H2,25,27)(H,28,29,30)/t19-,20+/m1/s1. The van der Waals surface area contributed by atoms with Crippen LogP contribution >= 0.6 is 0 Å². The Morgan fingerprint density at radius 2 is 1.67 bits per heavy atom. The molecule has 2 aromatic heterocycles. The number of nitrogen functional groups attached to an aromatic ring is 1. The highest BCUT2D eigenvalue weighted by Gasteiger charge is 2.24. The summed E-state index contributed by atoms with van der Waals surface area (Å²) in [6.07, 6.45) is 8.39. The molecule has 0 amide bonds. The minimum atomic E-state index is 0.114. The van der Waals surface area contributed by atoms with Crippen molar-refractivity contribution in [1.29, 1.82) is 0 Å². The molecule has 0 spiro atoms. The van der Waals surface area contributed by atoms with E-state index in [1.54, 1.807) is 6.20 Å². The van der Waals surface area contributed by atoms with Crippen LogP contribution in [0.3, 0.4) is 0 Å². The fraction of sp³-hybridized carbons (Fsp3) is 0.458. The van der Waals surface area contributed by atoms with Crippen LogP contribution < -0.4 is 16.4 Å². The Bertz CT molecular complexity index is 1020. The van der Waals surface area contributed by atoms with Crippen LogP contribution in [0.4, 0.5) is 11.8 Å². The highest BCUT2D eigenvalue weighted by Crippen LogP contribution is 2.32. The lowest BCUT2D eigenvalue weighted by Gasteiger charge is -2.31.